The Hall–Kier alpha value is -2.04. The molecule has 2 rings (SSSR count). The van der Waals surface area contributed by atoms with Gasteiger partial charge in [0.05, 0.1) is 13.2 Å². The van der Waals surface area contributed by atoms with E-state index in [2.05, 4.69) is 5.32 Å². The normalized spacial score (nSPS) is 12.1. The van der Waals surface area contributed by atoms with Gasteiger partial charge in [0.15, 0.2) is 11.5 Å². The van der Waals surface area contributed by atoms with Crippen molar-refractivity contribution < 1.29 is 14.9 Å². The minimum absolute atomic E-state index is 0.121. The first-order valence-electron chi connectivity index (χ1n) is 6.91. The number of hydrogen-bond donors (Lipinski definition) is 3. The number of hydrogen-bond acceptors (Lipinski definition) is 4. The number of aryl methyl sites for hydroxylation is 1. The number of aromatic hydroxyl groups is 1. The summed E-state index contributed by atoms with van der Waals surface area (Å²) in [4.78, 5) is 0. The summed E-state index contributed by atoms with van der Waals surface area (Å²) in [6.07, 6.45) is -0.544. The lowest BCUT2D eigenvalue weighted by Gasteiger charge is -2.13. The molecular formula is C17H21NO3. The number of phenols is 1. The highest BCUT2D eigenvalue weighted by molar-refractivity contribution is 5.41. The van der Waals surface area contributed by atoms with Crippen LogP contribution in [-0.4, -0.2) is 23.9 Å². The Labute approximate surface area is 125 Å². The van der Waals surface area contributed by atoms with Crippen LogP contribution in [-0.2, 0) is 6.54 Å². The summed E-state index contributed by atoms with van der Waals surface area (Å²) in [6.45, 7) is 3.04. The number of phenolic OH excluding ortho intramolecular Hbond substituents is 1. The zero-order valence-electron chi connectivity index (χ0n) is 12.3. The maximum absolute atomic E-state index is 10.1. The highest BCUT2D eigenvalue weighted by atomic mass is 16.5. The van der Waals surface area contributed by atoms with E-state index in [0.29, 0.717) is 18.8 Å². The van der Waals surface area contributed by atoms with Gasteiger partial charge in [0.1, 0.15) is 0 Å². The molecule has 0 unspecified atom stereocenters. The lowest BCUT2D eigenvalue weighted by Crippen LogP contribution is -2.21. The SMILES string of the molecule is COc1ccc(CNC[C@@H](O)c2ccc(C)cc2)cc1O. The quantitative estimate of drug-likeness (QED) is 0.764. The molecule has 0 saturated carbocycles. The zero-order valence-corrected chi connectivity index (χ0v) is 12.3. The van der Waals surface area contributed by atoms with Crippen molar-refractivity contribution >= 4 is 0 Å². The summed E-state index contributed by atoms with van der Waals surface area (Å²) in [5, 5.41) is 23.0. The van der Waals surface area contributed by atoms with Gasteiger partial charge in [-0.25, -0.2) is 0 Å². The minimum Gasteiger partial charge on any atom is -0.504 e. The maximum atomic E-state index is 10.1. The van der Waals surface area contributed by atoms with Gasteiger partial charge in [-0.1, -0.05) is 35.9 Å². The molecule has 0 radical (unpaired) electrons. The van der Waals surface area contributed by atoms with Crippen LogP contribution in [0.25, 0.3) is 0 Å². The Morgan fingerprint density at radius 3 is 2.48 bits per heavy atom. The van der Waals surface area contributed by atoms with E-state index in [1.165, 1.54) is 12.7 Å². The molecule has 0 aliphatic heterocycles. The van der Waals surface area contributed by atoms with Gasteiger partial charge in [-0.2, -0.15) is 0 Å². The summed E-state index contributed by atoms with van der Waals surface area (Å²) in [6, 6.07) is 13.1. The van der Waals surface area contributed by atoms with E-state index in [-0.39, 0.29) is 5.75 Å². The largest absolute Gasteiger partial charge is 0.504 e. The fourth-order valence-electron chi connectivity index (χ4n) is 2.11. The predicted octanol–water partition coefficient (Wildman–Crippen LogP) is 2.53. The number of ether oxygens (including phenoxy) is 1. The minimum atomic E-state index is -0.544. The molecule has 0 spiro atoms. The zero-order chi connectivity index (χ0) is 15.2. The second-order valence-corrected chi connectivity index (χ2v) is 5.06. The molecule has 0 aliphatic carbocycles. The standard InChI is InChI=1S/C17H21NO3/c1-12-3-6-14(7-4-12)16(20)11-18-10-13-5-8-17(21-2)15(19)9-13/h3-9,16,18-20H,10-11H2,1-2H3/t16-/m1/s1. The van der Waals surface area contributed by atoms with E-state index >= 15 is 0 Å². The second-order valence-electron chi connectivity index (χ2n) is 5.06. The Bertz CT molecular complexity index is 581. The molecular weight excluding hydrogens is 266 g/mol. The lowest BCUT2D eigenvalue weighted by molar-refractivity contribution is 0.174. The van der Waals surface area contributed by atoms with Crippen LogP contribution in [0.5, 0.6) is 11.5 Å². The number of aliphatic hydroxyl groups excluding tert-OH is 1. The molecule has 4 nitrogen and oxygen atoms in total. The Morgan fingerprint density at radius 1 is 1.14 bits per heavy atom. The van der Waals surface area contributed by atoms with Crippen molar-refractivity contribution in [1.82, 2.24) is 5.32 Å². The Morgan fingerprint density at radius 2 is 1.86 bits per heavy atom. The molecule has 1 atom stereocenters. The van der Waals surface area contributed by atoms with Crippen LogP contribution in [0.15, 0.2) is 42.5 Å². The fourth-order valence-corrected chi connectivity index (χ4v) is 2.11. The van der Waals surface area contributed by atoms with Crippen LogP contribution in [0.1, 0.15) is 22.8 Å². The third-order valence-corrected chi connectivity index (χ3v) is 3.37. The molecule has 21 heavy (non-hydrogen) atoms. The predicted molar refractivity (Wildman–Crippen MR) is 82.5 cm³/mol. The van der Waals surface area contributed by atoms with Gasteiger partial charge in [-0.3, -0.25) is 0 Å². The average Bonchev–Trinajstić information content (AvgIpc) is 2.48. The van der Waals surface area contributed by atoms with Crippen molar-refractivity contribution in [2.45, 2.75) is 19.6 Å². The highest BCUT2D eigenvalue weighted by Crippen LogP contribution is 2.26. The van der Waals surface area contributed by atoms with Gasteiger partial charge in [0.25, 0.3) is 0 Å². The van der Waals surface area contributed by atoms with Crippen molar-refractivity contribution in [3.63, 3.8) is 0 Å². The van der Waals surface area contributed by atoms with Crippen molar-refractivity contribution in [2.24, 2.45) is 0 Å². The van der Waals surface area contributed by atoms with Crippen molar-refractivity contribution in [3.05, 3.63) is 59.2 Å². The van der Waals surface area contributed by atoms with Gasteiger partial charge in [-0.05, 0) is 30.2 Å². The average molecular weight is 287 g/mol. The van der Waals surface area contributed by atoms with E-state index in [9.17, 15) is 10.2 Å². The first-order valence-corrected chi connectivity index (χ1v) is 6.91. The summed E-state index contributed by atoms with van der Waals surface area (Å²) >= 11 is 0. The van der Waals surface area contributed by atoms with E-state index < -0.39 is 6.10 Å². The highest BCUT2D eigenvalue weighted by Gasteiger charge is 2.07. The molecule has 0 aromatic heterocycles. The van der Waals surface area contributed by atoms with Crippen molar-refractivity contribution in [3.8, 4) is 11.5 Å². The van der Waals surface area contributed by atoms with E-state index in [0.717, 1.165) is 11.1 Å². The number of benzene rings is 2. The molecule has 0 aliphatic rings. The lowest BCUT2D eigenvalue weighted by atomic mass is 10.1. The molecule has 4 heteroatoms. The summed E-state index contributed by atoms with van der Waals surface area (Å²) in [5.74, 6) is 0.578. The smallest absolute Gasteiger partial charge is 0.160 e. The van der Waals surface area contributed by atoms with Gasteiger partial charge in [0.2, 0.25) is 0 Å². The maximum Gasteiger partial charge on any atom is 0.160 e. The molecule has 0 fully saturated rings. The van der Waals surface area contributed by atoms with E-state index in [4.69, 9.17) is 4.74 Å². The summed E-state index contributed by atoms with van der Waals surface area (Å²) in [7, 11) is 1.52. The number of methoxy groups -OCH3 is 1. The van der Waals surface area contributed by atoms with Crippen molar-refractivity contribution in [2.75, 3.05) is 13.7 Å². The molecule has 2 aromatic rings. The molecule has 112 valence electrons. The van der Waals surface area contributed by atoms with Crippen LogP contribution in [0.4, 0.5) is 0 Å². The topological polar surface area (TPSA) is 61.7 Å². The fraction of sp³-hybridized carbons (Fsp3) is 0.294. The summed E-state index contributed by atoms with van der Waals surface area (Å²) < 4.78 is 5.00. The second kappa shape index (κ2) is 7.11. The van der Waals surface area contributed by atoms with Gasteiger partial charge in [0, 0.05) is 13.1 Å². The first-order chi connectivity index (χ1) is 10.1. The number of aliphatic hydroxyl groups is 1. The third-order valence-electron chi connectivity index (χ3n) is 3.37. The Kier molecular flexibility index (Phi) is 5.20. The van der Waals surface area contributed by atoms with E-state index in [1.807, 2.05) is 37.3 Å². The van der Waals surface area contributed by atoms with Gasteiger partial charge >= 0.3 is 0 Å². The van der Waals surface area contributed by atoms with E-state index in [1.54, 1.807) is 12.1 Å². The molecule has 0 saturated heterocycles. The summed E-state index contributed by atoms with van der Waals surface area (Å²) in [5.41, 5.74) is 3.00. The van der Waals surface area contributed by atoms with Crippen LogP contribution in [0, 0.1) is 6.92 Å². The number of nitrogens with one attached hydrogen (secondary N) is 1. The monoisotopic (exact) mass is 287 g/mol. The third kappa shape index (κ3) is 4.21. The molecule has 2 aromatic carbocycles. The first kappa shape index (κ1) is 15.4. The van der Waals surface area contributed by atoms with Crippen LogP contribution in [0.2, 0.25) is 0 Å². The molecule has 0 bridgehead atoms. The number of rotatable bonds is 6. The molecule has 0 heterocycles. The van der Waals surface area contributed by atoms with Crippen LogP contribution in [0.3, 0.4) is 0 Å². The molecule has 0 amide bonds. The Balaban J connectivity index is 1.86. The van der Waals surface area contributed by atoms with Gasteiger partial charge in [-0.15, -0.1) is 0 Å². The van der Waals surface area contributed by atoms with Gasteiger partial charge < -0.3 is 20.3 Å². The van der Waals surface area contributed by atoms with Crippen LogP contribution >= 0.6 is 0 Å². The van der Waals surface area contributed by atoms with Crippen molar-refractivity contribution in [1.29, 1.82) is 0 Å². The van der Waals surface area contributed by atoms with Crippen LogP contribution < -0.4 is 10.1 Å². The molecule has 3 N–H and O–H groups in total.